The SMILES string of the molecule is [2H]c1c([2H])c([2H])c(N(c2cccc3c2-c2ccccc2C3(c2ccccc2)c2ccccc2)c2cccc3c2-c2ccccc2C3(c2ccccc2)c2ccccc2)c([2H])c1[2H]. The average Bonchev–Trinajstić information content (AvgIpc) is 3.82. The Morgan fingerprint density at radius 2 is 0.649 bits per heavy atom. The van der Waals surface area contributed by atoms with E-state index in [0.717, 1.165) is 66.8 Å². The third-order valence-corrected chi connectivity index (χ3v) is 12.1. The van der Waals surface area contributed by atoms with Crippen LogP contribution in [0.2, 0.25) is 0 Å². The van der Waals surface area contributed by atoms with Gasteiger partial charge in [0.05, 0.1) is 29.1 Å². The summed E-state index contributed by atoms with van der Waals surface area (Å²) >= 11 is 0. The summed E-state index contributed by atoms with van der Waals surface area (Å²) in [5.41, 5.74) is 12.7. The van der Waals surface area contributed by atoms with Crippen molar-refractivity contribution in [3.05, 3.63) is 281 Å². The summed E-state index contributed by atoms with van der Waals surface area (Å²) in [7, 11) is 0. The summed E-state index contributed by atoms with van der Waals surface area (Å²) < 4.78 is 46.0. The van der Waals surface area contributed by atoms with Crippen molar-refractivity contribution in [3.63, 3.8) is 0 Å². The van der Waals surface area contributed by atoms with E-state index in [2.05, 4.69) is 170 Å². The molecular weight excluding hydrogens is 687 g/mol. The average molecular weight is 731 g/mol. The van der Waals surface area contributed by atoms with E-state index in [9.17, 15) is 2.74 Å². The summed E-state index contributed by atoms with van der Waals surface area (Å²) in [6.45, 7) is 0. The largest absolute Gasteiger partial charge is 0.309 e. The minimum atomic E-state index is -0.725. The van der Waals surface area contributed by atoms with Crippen molar-refractivity contribution >= 4 is 17.1 Å². The summed E-state index contributed by atoms with van der Waals surface area (Å²) in [6.07, 6.45) is 0. The number of anilines is 3. The molecule has 1 heteroatoms. The molecule has 0 radical (unpaired) electrons. The lowest BCUT2D eigenvalue weighted by Crippen LogP contribution is -2.28. The molecule has 2 aliphatic carbocycles. The Morgan fingerprint density at radius 3 is 1.04 bits per heavy atom. The number of rotatable bonds is 7. The highest BCUT2D eigenvalue weighted by atomic mass is 15.1. The zero-order chi connectivity index (χ0) is 42.2. The van der Waals surface area contributed by atoms with Crippen LogP contribution in [-0.4, -0.2) is 0 Å². The molecular formula is C56H39N. The van der Waals surface area contributed by atoms with Gasteiger partial charge >= 0.3 is 0 Å². The summed E-state index contributed by atoms with van der Waals surface area (Å²) in [5.74, 6) is 0. The van der Waals surface area contributed by atoms with Crippen LogP contribution < -0.4 is 4.90 Å². The first-order chi connectivity index (χ1) is 30.4. The number of hydrogen-bond donors (Lipinski definition) is 0. The number of fused-ring (bicyclic) bond motifs is 6. The van der Waals surface area contributed by atoms with Crippen LogP contribution >= 0.6 is 0 Å². The van der Waals surface area contributed by atoms with Crippen LogP contribution in [0.3, 0.4) is 0 Å². The zero-order valence-corrected chi connectivity index (χ0v) is 31.1. The Hall–Kier alpha value is -7.22. The molecule has 0 spiro atoms. The van der Waals surface area contributed by atoms with Crippen LogP contribution in [0.4, 0.5) is 17.1 Å². The quantitative estimate of drug-likeness (QED) is 0.158. The summed E-state index contributed by atoms with van der Waals surface area (Å²) in [5, 5.41) is 0. The molecule has 2 aliphatic rings. The Labute approximate surface area is 341 Å². The first-order valence-electron chi connectivity index (χ1n) is 22.0. The zero-order valence-electron chi connectivity index (χ0n) is 36.1. The van der Waals surface area contributed by atoms with Crippen LogP contribution in [0.1, 0.15) is 51.4 Å². The van der Waals surface area contributed by atoms with E-state index < -0.39 is 29.0 Å². The van der Waals surface area contributed by atoms with Gasteiger partial charge in [0.1, 0.15) is 0 Å². The molecule has 268 valence electrons. The van der Waals surface area contributed by atoms with Crippen LogP contribution in [-0.2, 0) is 10.8 Å². The molecule has 0 amide bonds. The smallest absolute Gasteiger partial charge is 0.0714 e. The molecule has 0 saturated carbocycles. The minimum Gasteiger partial charge on any atom is -0.309 e. The van der Waals surface area contributed by atoms with Gasteiger partial charge in [-0.05, 0) is 79.9 Å². The lowest BCUT2D eigenvalue weighted by molar-refractivity contribution is 0.768. The van der Waals surface area contributed by atoms with E-state index in [1.807, 2.05) is 41.3 Å². The van der Waals surface area contributed by atoms with Crippen molar-refractivity contribution in [2.45, 2.75) is 10.8 Å². The Bertz CT molecular complexity index is 2900. The van der Waals surface area contributed by atoms with Gasteiger partial charge < -0.3 is 4.90 Å². The second kappa shape index (κ2) is 13.2. The van der Waals surface area contributed by atoms with Crippen molar-refractivity contribution in [2.75, 3.05) is 4.90 Å². The fourth-order valence-electron chi connectivity index (χ4n) is 10.0. The summed E-state index contributed by atoms with van der Waals surface area (Å²) in [6, 6.07) is 70.2. The van der Waals surface area contributed by atoms with E-state index in [1.54, 1.807) is 0 Å². The maximum Gasteiger partial charge on any atom is 0.0714 e. The molecule has 57 heavy (non-hydrogen) atoms. The molecule has 9 aromatic rings. The molecule has 0 saturated heterocycles. The van der Waals surface area contributed by atoms with E-state index in [4.69, 9.17) is 4.11 Å². The standard InChI is InChI=1S/C56H39N/c1-6-22-40(23-7-1)55(41-24-8-2-9-25-41)47-34-18-16-32-45(47)53-49(55)36-20-38-51(53)57(44-30-14-5-15-31-44)52-39-21-37-50-54(52)46-33-17-19-35-48(46)56(50,42-26-10-3-11-27-42)43-28-12-4-13-29-43/h1-39H/i5D,14D,15D,30D,31D. The maximum atomic E-state index is 9.63. The van der Waals surface area contributed by atoms with Crippen LogP contribution in [0.15, 0.2) is 236 Å². The van der Waals surface area contributed by atoms with Crippen LogP contribution in [0.5, 0.6) is 0 Å². The summed E-state index contributed by atoms with van der Waals surface area (Å²) in [4.78, 5) is 1.96. The van der Waals surface area contributed by atoms with Gasteiger partial charge in [0, 0.05) is 16.8 Å². The van der Waals surface area contributed by atoms with Crippen molar-refractivity contribution in [2.24, 2.45) is 0 Å². The third-order valence-electron chi connectivity index (χ3n) is 12.1. The van der Waals surface area contributed by atoms with E-state index in [1.165, 1.54) is 0 Å². The van der Waals surface area contributed by atoms with Gasteiger partial charge in [-0.3, -0.25) is 0 Å². The van der Waals surface area contributed by atoms with Crippen molar-refractivity contribution in [1.82, 2.24) is 0 Å². The highest BCUT2D eigenvalue weighted by molar-refractivity contribution is 6.02. The highest BCUT2D eigenvalue weighted by Gasteiger charge is 2.49. The highest BCUT2D eigenvalue weighted by Crippen LogP contribution is 2.62. The van der Waals surface area contributed by atoms with E-state index >= 15 is 0 Å². The first-order valence-corrected chi connectivity index (χ1v) is 19.5. The van der Waals surface area contributed by atoms with Gasteiger partial charge in [-0.2, -0.15) is 0 Å². The van der Waals surface area contributed by atoms with Gasteiger partial charge in [0.15, 0.2) is 0 Å². The Morgan fingerprint density at radius 1 is 0.316 bits per heavy atom. The molecule has 0 atom stereocenters. The molecule has 0 N–H and O–H groups in total. The Balaban J connectivity index is 1.30. The normalized spacial score (nSPS) is 15.1. The van der Waals surface area contributed by atoms with Gasteiger partial charge in [-0.15, -0.1) is 0 Å². The van der Waals surface area contributed by atoms with Crippen molar-refractivity contribution in [1.29, 1.82) is 0 Å². The van der Waals surface area contributed by atoms with E-state index in [-0.39, 0.29) is 17.8 Å². The van der Waals surface area contributed by atoms with Gasteiger partial charge in [-0.1, -0.05) is 212 Å². The van der Waals surface area contributed by atoms with Gasteiger partial charge in [0.2, 0.25) is 0 Å². The fourth-order valence-corrected chi connectivity index (χ4v) is 10.0. The van der Waals surface area contributed by atoms with Crippen LogP contribution in [0, 0.1) is 0 Å². The molecule has 0 heterocycles. The number of hydrogen-bond acceptors (Lipinski definition) is 1. The Kier molecular flexibility index (Phi) is 6.55. The molecule has 0 bridgehead atoms. The minimum absolute atomic E-state index is 0.0848. The number of nitrogens with zero attached hydrogens (tertiary/aromatic N) is 1. The molecule has 1 nitrogen and oxygen atoms in total. The predicted octanol–water partition coefficient (Wildman–Crippen LogP) is 13.9. The second-order valence-electron chi connectivity index (χ2n) is 14.8. The lowest BCUT2D eigenvalue weighted by Gasteiger charge is -2.35. The van der Waals surface area contributed by atoms with Crippen molar-refractivity contribution < 1.29 is 6.85 Å². The molecule has 0 aliphatic heterocycles. The van der Waals surface area contributed by atoms with Crippen LogP contribution in [0.25, 0.3) is 22.3 Å². The monoisotopic (exact) mass is 730 g/mol. The molecule has 0 unspecified atom stereocenters. The van der Waals surface area contributed by atoms with Gasteiger partial charge in [0.25, 0.3) is 0 Å². The predicted molar refractivity (Wildman–Crippen MR) is 236 cm³/mol. The third kappa shape index (κ3) is 4.70. The second-order valence-corrected chi connectivity index (χ2v) is 14.8. The maximum absolute atomic E-state index is 9.63. The molecule has 11 rings (SSSR count). The lowest BCUT2D eigenvalue weighted by atomic mass is 9.67. The molecule has 0 aromatic heterocycles. The van der Waals surface area contributed by atoms with Gasteiger partial charge in [-0.25, -0.2) is 0 Å². The number of para-hydroxylation sites is 1. The topological polar surface area (TPSA) is 3.24 Å². The molecule has 0 fully saturated rings. The van der Waals surface area contributed by atoms with Crippen molar-refractivity contribution in [3.8, 4) is 22.3 Å². The fraction of sp³-hybridized carbons (Fsp3) is 0.0357. The number of benzene rings is 9. The molecule has 9 aromatic carbocycles. The first kappa shape index (κ1) is 28.2. The van der Waals surface area contributed by atoms with E-state index in [0.29, 0.717) is 11.4 Å².